The van der Waals surface area contributed by atoms with Crippen molar-refractivity contribution in [3.05, 3.63) is 102 Å². The Bertz CT molecular complexity index is 1830. The molecule has 2 heterocycles. The molecule has 43 heavy (non-hydrogen) atoms. The predicted octanol–water partition coefficient (Wildman–Crippen LogP) is 7.04. The van der Waals surface area contributed by atoms with Crippen LogP contribution in [0.3, 0.4) is 0 Å². The second-order valence-corrected chi connectivity index (χ2v) is 12.2. The number of hydrogen-bond acceptors (Lipinski definition) is 5. The van der Waals surface area contributed by atoms with Crippen LogP contribution in [0.5, 0.6) is 0 Å². The number of rotatable bonds is 6. The summed E-state index contributed by atoms with van der Waals surface area (Å²) in [7, 11) is 0. The Morgan fingerprint density at radius 3 is 2.23 bits per heavy atom. The Kier molecular flexibility index (Phi) is 7.00. The minimum absolute atomic E-state index is 0.404. The van der Waals surface area contributed by atoms with E-state index in [4.69, 9.17) is 20.6 Å². The predicted molar refractivity (Wildman–Crippen MR) is 167 cm³/mol. The van der Waals surface area contributed by atoms with Gasteiger partial charge in [-0.05, 0) is 76.3 Å². The van der Waals surface area contributed by atoms with Crippen LogP contribution in [0.2, 0.25) is 0 Å². The normalized spacial score (nSPS) is 14.2. The summed E-state index contributed by atoms with van der Waals surface area (Å²) in [6.45, 7) is 7.53. The third-order valence-electron chi connectivity index (χ3n) is 7.95. The third kappa shape index (κ3) is 5.48. The molecule has 0 spiro atoms. The topological polar surface area (TPSA) is 112 Å². The largest absolute Gasteiger partial charge is 0.444 e. The number of nitrogens with one attached hydrogen (secondary N) is 1. The van der Waals surface area contributed by atoms with Crippen molar-refractivity contribution in [1.82, 2.24) is 19.9 Å². The number of benzene rings is 3. The smallest absolute Gasteiger partial charge is 0.408 e. The van der Waals surface area contributed by atoms with Crippen LogP contribution in [0.25, 0.3) is 39.3 Å². The first-order valence-corrected chi connectivity index (χ1v) is 14.5. The first kappa shape index (κ1) is 28.2. The number of nitrogens with two attached hydrogens (primary N) is 1. The number of nitrogens with zero attached hydrogens (tertiary/aromatic N) is 3. The maximum absolute atomic E-state index is 12.7. The number of alkyl carbamates (subject to hydrolysis) is 1. The van der Waals surface area contributed by atoms with Gasteiger partial charge in [-0.15, -0.1) is 0 Å². The minimum Gasteiger partial charge on any atom is -0.444 e. The van der Waals surface area contributed by atoms with Crippen LogP contribution in [-0.2, 0) is 10.3 Å². The molecule has 0 unspecified atom stereocenters. The number of aryl methyl sites for hydroxylation is 1. The van der Waals surface area contributed by atoms with E-state index in [0.717, 1.165) is 64.2 Å². The molecular weight excluding hydrogens is 538 g/mol. The maximum Gasteiger partial charge on any atom is 0.408 e. The summed E-state index contributed by atoms with van der Waals surface area (Å²) in [5, 5.41) is 8.30. The number of aromatic nitrogens is 3. The van der Waals surface area contributed by atoms with Gasteiger partial charge in [-0.2, -0.15) is 5.10 Å². The number of ether oxygens (including phenoxy) is 1. The Hall–Kier alpha value is -4.98. The average molecular weight is 574 g/mol. The minimum atomic E-state index is -0.567. The SMILES string of the molecule is Cc1nc2cc(-c3ccccc3)c(-c3ccc(C4(NC(=O)OC(C)(C)C)CCC4)cc3)nn2c1-c1cccc(C(N)=O)c1. The van der Waals surface area contributed by atoms with E-state index >= 15 is 0 Å². The van der Waals surface area contributed by atoms with Crippen LogP contribution in [-0.4, -0.2) is 32.2 Å². The van der Waals surface area contributed by atoms with Crippen molar-refractivity contribution in [2.45, 2.75) is 58.1 Å². The maximum atomic E-state index is 12.7. The number of fused-ring (bicyclic) bond motifs is 1. The van der Waals surface area contributed by atoms with Crippen LogP contribution < -0.4 is 11.1 Å². The number of carbonyl (C=O) groups is 2. The summed E-state index contributed by atoms with van der Waals surface area (Å²) in [4.78, 5) is 29.4. The van der Waals surface area contributed by atoms with Gasteiger partial charge in [-0.3, -0.25) is 4.79 Å². The number of imidazole rings is 1. The second-order valence-electron chi connectivity index (χ2n) is 12.2. The van der Waals surface area contributed by atoms with Crippen LogP contribution >= 0.6 is 0 Å². The third-order valence-corrected chi connectivity index (χ3v) is 7.95. The molecule has 0 aliphatic heterocycles. The second kappa shape index (κ2) is 10.7. The molecule has 1 aliphatic rings. The van der Waals surface area contributed by atoms with Crippen molar-refractivity contribution >= 4 is 17.6 Å². The number of hydrogen-bond donors (Lipinski definition) is 2. The molecule has 0 atom stereocenters. The number of carbonyl (C=O) groups excluding carboxylic acids is 2. The molecule has 2 amide bonds. The summed E-state index contributed by atoms with van der Waals surface area (Å²) >= 11 is 0. The molecule has 5 aromatic rings. The van der Waals surface area contributed by atoms with Gasteiger partial charge >= 0.3 is 6.09 Å². The lowest BCUT2D eigenvalue weighted by Crippen LogP contribution is -2.52. The van der Waals surface area contributed by atoms with Crippen LogP contribution in [0.15, 0.2) is 84.9 Å². The van der Waals surface area contributed by atoms with Gasteiger partial charge in [0.25, 0.3) is 0 Å². The lowest BCUT2D eigenvalue weighted by molar-refractivity contribution is 0.0377. The van der Waals surface area contributed by atoms with Crippen LogP contribution in [0.4, 0.5) is 4.79 Å². The highest BCUT2D eigenvalue weighted by molar-refractivity contribution is 5.94. The van der Waals surface area contributed by atoms with Gasteiger partial charge in [-0.1, -0.05) is 66.7 Å². The van der Waals surface area contributed by atoms with E-state index in [1.807, 2.05) is 62.5 Å². The Morgan fingerprint density at radius 1 is 0.907 bits per heavy atom. The van der Waals surface area contributed by atoms with Gasteiger partial charge in [0.2, 0.25) is 5.91 Å². The molecule has 1 saturated carbocycles. The quantitative estimate of drug-likeness (QED) is 0.226. The standard InChI is InChI=1S/C35H35N5O3/c1-22-31(25-12-8-13-26(20-25)32(36)41)40-29(37-22)21-28(23-10-6-5-7-11-23)30(39-40)24-14-16-27(17-15-24)35(18-9-19-35)38-33(42)43-34(2,3)4/h5-8,10-17,20-21H,9,18-19H2,1-4H3,(H2,36,41)(H,38,42). The van der Waals surface area contributed by atoms with Crippen LogP contribution in [0, 0.1) is 6.92 Å². The molecule has 0 radical (unpaired) electrons. The summed E-state index contributed by atoms with van der Waals surface area (Å²) in [6.07, 6.45) is 2.34. The highest BCUT2D eigenvalue weighted by Gasteiger charge is 2.41. The molecule has 218 valence electrons. The molecule has 0 bridgehead atoms. The lowest BCUT2D eigenvalue weighted by Gasteiger charge is -2.43. The zero-order chi connectivity index (χ0) is 30.4. The summed E-state index contributed by atoms with van der Waals surface area (Å²) in [5.74, 6) is -0.487. The molecule has 6 rings (SSSR count). The molecule has 1 fully saturated rings. The molecule has 3 N–H and O–H groups in total. The number of primary amides is 1. The zero-order valence-electron chi connectivity index (χ0n) is 24.8. The van der Waals surface area contributed by atoms with Crippen molar-refractivity contribution in [2.75, 3.05) is 0 Å². The van der Waals surface area contributed by atoms with Gasteiger partial charge < -0.3 is 15.8 Å². The van der Waals surface area contributed by atoms with Gasteiger partial charge in [0, 0.05) is 22.3 Å². The first-order valence-electron chi connectivity index (χ1n) is 14.5. The van der Waals surface area contributed by atoms with Gasteiger partial charge in [0.05, 0.1) is 22.6 Å². The van der Waals surface area contributed by atoms with E-state index in [0.29, 0.717) is 11.2 Å². The van der Waals surface area contributed by atoms with Gasteiger partial charge in [0.15, 0.2) is 5.65 Å². The molecule has 0 saturated heterocycles. The van der Waals surface area contributed by atoms with Gasteiger partial charge in [0.1, 0.15) is 5.60 Å². The molecule has 1 aliphatic carbocycles. The van der Waals surface area contributed by atoms with Crippen molar-refractivity contribution in [2.24, 2.45) is 5.73 Å². The highest BCUT2D eigenvalue weighted by atomic mass is 16.6. The van der Waals surface area contributed by atoms with Crippen molar-refractivity contribution in [3.63, 3.8) is 0 Å². The zero-order valence-corrected chi connectivity index (χ0v) is 24.8. The van der Waals surface area contributed by atoms with E-state index in [9.17, 15) is 9.59 Å². The van der Waals surface area contributed by atoms with Gasteiger partial charge in [-0.25, -0.2) is 14.3 Å². The summed E-state index contributed by atoms with van der Waals surface area (Å²) < 4.78 is 7.40. The molecular formula is C35H35N5O3. The fourth-order valence-corrected chi connectivity index (χ4v) is 5.75. The average Bonchev–Trinajstić information content (AvgIpc) is 3.28. The molecule has 8 nitrogen and oxygen atoms in total. The van der Waals surface area contributed by atoms with Crippen LogP contribution in [0.1, 0.15) is 61.6 Å². The van der Waals surface area contributed by atoms with E-state index in [-0.39, 0.29) is 0 Å². The van der Waals surface area contributed by atoms with E-state index < -0.39 is 23.1 Å². The highest BCUT2D eigenvalue weighted by Crippen LogP contribution is 2.42. The first-order chi connectivity index (χ1) is 20.5. The monoisotopic (exact) mass is 573 g/mol. The molecule has 2 aromatic heterocycles. The van der Waals surface area contributed by atoms with Crippen molar-refractivity contribution in [1.29, 1.82) is 0 Å². The molecule has 8 heteroatoms. The van der Waals surface area contributed by atoms with E-state index in [1.165, 1.54) is 0 Å². The fraction of sp³-hybridized carbons (Fsp3) is 0.257. The Morgan fingerprint density at radius 2 is 1.60 bits per heavy atom. The summed E-state index contributed by atoms with van der Waals surface area (Å²) in [6, 6.07) is 27.7. The Balaban J connectivity index is 1.45. The fourth-order valence-electron chi connectivity index (χ4n) is 5.75. The lowest BCUT2D eigenvalue weighted by atomic mass is 9.71. The van der Waals surface area contributed by atoms with E-state index in [2.05, 4.69) is 47.8 Å². The Labute approximate surface area is 250 Å². The van der Waals surface area contributed by atoms with Crippen molar-refractivity contribution in [3.8, 4) is 33.6 Å². The molecule has 3 aromatic carbocycles. The van der Waals surface area contributed by atoms with E-state index in [1.54, 1.807) is 12.1 Å². The number of amides is 2. The summed E-state index contributed by atoms with van der Waals surface area (Å²) in [5.41, 5.74) is 12.8. The van der Waals surface area contributed by atoms with Crippen molar-refractivity contribution < 1.29 is 14.3 Å².